The van der Waals surface area contributed by atoms with Crippen molar-refractivity contribution in [2.75, 3.05) is 0 Å². The zero-order chi connectivity index (χ0) is 8.97. The first-order valence-corrected chi connectivity index (χ1v) is 4.23. The zero-order valence-corrected chi connectivity index (χ0v) is 7.38. The summed E-state index contributed by atoms with van der Waals surface area (Å²) in [6.45, 7) is -0.0981. The Morgan fingerprint density at radius 1 is 1.08 bits per heavy atom. The molecular weight excluding hydrogens is 176 g/mol. The summed E-state index contributed by atoms with van der Waals surface area (Å²) in [4.78, 5) is 0. The zero-order valence-electron chi connectivity index (χ0n) is 6.63. The molecule has 0 radical (unpaired) electrons. The third-order valence-electron chi connectivity index (χ3n) is 1.77. The van der Waals surface area contributed by atoms with Gasteiger partial charge in [0.2, 0.25) is 0 Å². The lowest BCUT2D eigenvalue weighted by atomic mass is 10.1. The second-order valence-corrected chi connectivity index (χ2v) is 2.82. The molecule has 12 heavy (non-hydrogen) atoms. The number of benzene rings is 1. The van der Waals surface area contributed by atoms with Crippen molar-refractivity contribution in [2.45, 2.75) is 19.1 Å². The van der Waals surface area contributed by atoms with E-state index in [1.807, 2.05) is 6.07 Å². The average molecular weight is 187 g/mol. The van der Waals surface area contributed by atoms with Gasteiger partial charge in [-0.25, -0.2) is 0 Å². The first-order valence-electron chi connectivity index (χ1n) is 3.70. The highest BCUT2D eigenvalue weighted by atomic mass is 35.5. The van der Waals surface area contributed by atoms with E-state index < -0.39 is 0 Å². The van der Waals surface area contributed by atoms with Crippen molar-refractivity contribution in [2.24, 2.45) is 0 Å². The van der Waals surface area contributed by atoms with Crippen molar-refractivity contribution in [3.05, 3.63) is 34.9 Å². The number of hydrogen-bond donors (Lipinski definition) is 2. The normalized spacial score (nSPS) is 10.2. The number of alkyl halides is 1. The van der Waals surface area contributed by atoms with Crippen LogP contribution in [-0.2, 0) is 19.1 Å². The van der Waals surface area contributed by atoms with Crippen LogP contribution in [0.5, 0.6) is 0 Å². The molecule has 0 aromatic heterocycles. The Hall–Kier alpha value is -0.570. The maximum absolute atomic E-state index is 8.92. The molecule has 0 unspecified atom stereocenters. The molecular formula is C9H11ClO2. The van der Waals surface area contributed by atoms with E-state index in [2.05, 4.69) is 0 Å². The fraction of sp³-hybridized carbons (Fsp3) is 0.333. The van der Waals surface area contributed by atoms with Gasteiger partial charge in [0.1, 0.15) is 0 Å². The Morgan fingerprint density at radius 3 is 2.25 bits per heavy atom. The first-order chi connectivity index (χ1) is 5.81. The fourth-order valence-electron chi connectivity index (χ4n) is 1.06. The summed E-state index contributed by atoms with van der Waals surface area (Å²) in [5, 5.41) is 17.8. The minimum atomic E-state index is -0.0549. The second-order valence-electron chi connectivity index (χ2n) is 2.55. The highest BCUT2D eigenvalue weighted by Crippen LogP contribution is 2.13. The SMILES string of the molecule is OCc1ccc(CCl)cc1CO. The number of halogens is 1. The molecule has 0 heterocycles. The largest absolute Gasteiger partial charge is 0.392 e. The molecule has 0 fully saturated rings. The lowest BCUT2D eigenvalue weighted by molar-refractivity contribution is 0.260. The van der Waals surface area contributed by atoms with Crippen LogP contribution in [0.1, 0.15) is 16.7 Å². The predicted molar refractivity (Wildman–Crippen MR) is 47.8 cm³/mol. The van der Waals surface area contributed by atoms with Crippen LogP contribution in [0.2, 0.25) is 0 Å². The van der Waals surface area contributed by atoms with E-state index in [4.69, 9.17) is 21.8 Å². The summed E-state index contributed by atoms with van der Waals surface area (Å²) < 4.78 is 0. The molecule has 0 aliphatic rings. The Bertz CT molecular complexity index is 261. The summed E-state index contributed by atoms with van der Waals surface area (Å²) in [5.74, 6) is 0.429. The van der Waals surface area contributed by atoms with Crippen LogP contribution in [0.4, 0.5) is 0 Å². The van der Waals surface area contributed by atoms with Gasteiger partial charge >= 0.3 is 0 Å². The minimum absolute atomic E-state index is 0.0432. The van der Waals surface area contributed by atoms with Gasteiger partial charge in [-0.15, -0.1) is 11.6 Å². The number of rotatable bonds is 3. The van der Waals surface area contributed by atoms with Gasteiger partial charge in [0, 0.05) is 5.88 Å². The molecule has 0 aliphatic carbocycles. The van der Waals surface area contributed by atoms with E-state index in [0.29, 0.717) is 5.88 Å². The summed E-state index contributed by atoms with van der Waals surface area (Å²) in [7, 11) is 0. The van der Waals surface area contributed by atoms with Crippen LogP contribution in [0.25, 0.3) is 0 Å². The van der Waals surface area contributed by atoms with Crippen molar-refractivity contribution < 1.29 is 10.2 Å². The Labute approximate surface area is 76.4 Å². The van der Waals surface area contributed by atoms with Crippen LogP contribution >= 0.6 is 11.6 Å². The van der Waals surface area contributed by atoms with Crippen LogP contribution < -0.4 is 0 Å². The molecule has 1 aromatic rings. The standard InChI is InChI=1S/C9H11ClO2/c10-4-7-1-2-8(5-11)9(3-7)6-12/h1-3,11-12H,4-6H2. The molecule has 0 atom stereocenters. The monoisotopic (exact) mass is 186 g/mol. The number of aliphatic hydroxyl groups is 2. The van der Waals surface area contributed by atoms with E-state index in [1.165, 1.54) is 0 Å². The fourth-order valence-corrected chi connectivity index (χ4v) is 1.23. The van der Waals surface area contributed by atoms with Crippen LogP contribution in [0, 0.1) is 0 Å². The molecule has 2 nitrogen and oxygen atoms in total. The molecule has 2 N–H and O–H groups in total. The third-order valence-corrected chi connectivity index (χ3v) is 2.07. The Balaban J connectivity index is 3.02. The topological polar surface area (TPSA) is 40.5 Å². The van der Waals surface area contributed by atoms with Crippen LogP contribution in [0.3, 0.4) is 0 Å². The summed E-state index contributed by atoms with van der Waals surface area (Å²) in [6.07, 6.45) is 0. The van der Waals surface area contributed by atoms with Crippen molar-refractivity contribution in [3.8, 4) is 0 Å². The van der Waals surface area contributed by atoms with Gasteiger partial charge < -0.3 is 10.2 Å². The quantitative estimate of drug-likeness (QED) is 0.701. The average Bonchev–Trinajstić information content (AvgIpc) is 2.16. The second kappa shape index (κ2) is 4.45. The van der Waals surface area contributed by atoms with E-state index in [-0.39, 0.29) is 13.2 Å². The molecule has 0 spiro atoms. The van der Waals surface area contributed by atoms with Crippen molar-refractivity contribution >= 4 is 11.6 Å². The maximum atomic E-state index is 8.92. The smallest absolute Gasteiger partial charge is 0.0685 e. The molecule has 66 valence electrons. The van der Waals surface area contributed by atoms with Gasteiger partial charge in [0.15, 0.2) is 0 Å². The van der Waals surface area contributed by atoms with Crippen molar-refractivity contribution in [1.82, 2.24) is 0 Å². The van der Waals surface area contributed by atoms with E-state index in [9.17, 15) is 0 Å². The molecule has 1 aromatic carbocycles. The third kappa shape index (κ3) is 1.97. The lowest BCUT2D eigenvalue weighted by Crippen LogP contribution is -1.94. The Morgan fingerprint density at radius 2 is 1.75 bits per heavy atom. The van der Waals surface area contributed by atoms with Gasteiger partial charge in [0.25, 0.3) is 0 Å². The van der Waals surface area contributed by atoms with Crippen molar-refractivity contribution in [1.29, 1.82) is 0 Å². The molecule has 3 heteroatoms. The summed E-state index contributed by atoms with van der Waals surface area (Å²) >= 11 is 5.61. The van der Waals surface area contributed by atoms with Gasteiger partial charge in [-0.3, -0.25) is 0 Å². The van der Waals surface area contributed by atoms with Gasteiger partial charge in [-0.2, -0.15) is 0 Å². The van der Waals surface area contributed by atoms with Gasteiger partial charge in [-0.1, -0.05) is 18.2 Å². The maximum Gasteiger partial charge on any atom is 0.0685 e. The molecule has 0 saturated carbocycles. The first kappa shape index (κ1) is 9.52. The predicted octanol–water partition coefficient (Wildman–Crippen LogP) is 1.41. The molecule has 0 bridgehead atoms. The minimum Gasteiger partial charge on any atom is -0.392 e. The van der Waals surface area contributed by atoms with E-state index in [0.717, 1.165) is 16.7 Å². The van der Waals surface area contributed by atoms with Gasteiger partial charge in [0.05, 0.1) is 13.2 Å². The van der Waals surface area contributed by atoms with Crippen LogP contribution in [-0.4, -0.2) is 10.2 Å². The van der Waals surface area contributed by atoms with E-state index >= 15 is 0 Å². The number of hydrogen-bond acceptors (Lipinski definition) is 2. The molecule has 0 amide bonds. The summed E-state index contributed by atoms with van der Waals surface area (Å²) in [6, 6.07) is 5.43. The van der Waals surface area contributed by atoms with Crippen molar-refractivity contribution in [3.63, 3.8) is 0 Å². The van der Waals surface area contributed by atoms with Crippen LogP contribution in [0.15, 0.2) is 18.2 Å². The lowest BCUT2D eigenvalue weighted by Gasteiger charge is -2.05. The number of aliphatic hydroxyl groups excluding tert-OH is 2. The van der Waals surface area contributed by atoms with E-state index in [1.54, 1.807) is 12.1 Å². The van der Waals surface area contributed by atoms with Gasteiger partial charge in [-0.05, 0) is 16.7 Å². The highest BCUT2D eigenvalue weighted by Gasteiger charge is 2.00. The highest BCUT2D eigenvalue weighted by molar-refractivity contribution is 6.17. The molecule has 1 rings (SSSR count). The summed E-state index contributed by atoms with van der Waals surface area (Å²) in [5.41, 5.74) is 2.46. The Kier molecular flexibility index (Phi) is 3.53. The molecule has 0 aliphatic heterocycles. The molecule has 0 saturated heterocycles.